The van der Waals surface area contributed by atoms with E-state index in [2.05, 4.69) is 22.0 Å². The summed E-state index contributed by atoms with van der Waals surface area (Å²) in [5.41, 5.74) is 3.50. The molecule has 6 heteroatoms. The Hall–Kier alpha value is -2.73. The zero-order chi connectivity index (χ0) is 23.8. The van der Waals surface area contributed by atoms with Gasteiger partial charge in [-0.1, -0.05) is 67.1 Å². The number of carbonyl (C=O) groups is 1. The van der Waals surface area contributed by atoms with E-state index in [1.165, 1.54) is 0 Å². The van der Waals surface area contributed by atoms with Crippen LogP contribution < -0.4 is 0 Å². The summed E-state index contributed by atoms with van der Waals surface area (Å²) in [7, 11) is 0. The molecule has 2 aromatic carbocycles. The molecule has 2 heterocycles. The van der Waals surface area contributed by atoms with Gasteiger partial charge in [0.15, 0.2) is 0 Å². The number of halogens is 1. The van der Waals surface area contributed by atoms with Crippen molar-refractivity contribution >= 4 is 17.6 Å². The number of rotatable bonds is 9. The maximum absolute atomic E-state index is 12.1. The van der Waals surface area contributed by atoms with Gasteiger partial charge in [0, 0.05) is 24.7 Å². The molecule has 1 aliphatic heterocycles. The van der Waals surface area contributed by atoms with Crippen molar-refractivity contribution in [3.8, 4) is 0 Å². The fourth-order valence-electron chi connectivity index (χ4n) is 4.19. The Morgan fingerprint density at radius 3 is 2.41 bits per heavy atom. The van der Waals surface area contributed by atoms with Gasteiger partial charge in [0.05, 0.1) is 18.4 Å². The van der Waals surface area contributed by atoms with Gasteiger partial charge in [0.1, 0.15) is 11.8 Å². The predicted molar refractivity (Wildman–Crippen MR) is 134 cm³/mol. The molecule has 4 rings (SSSR count). The number of nitrogens with zero attached hydrogens (tertiary/aromatic N) is 2. The van der Waals surface area contributed by atoms with Gasteiger partial charge in [-0.05, 0) is 54.7 Å². The molecule has 1 fully saturated rings. The summed E-state index contributed by atoms with van der Waals surface area (Å²) in [6.07, 6.45) is 2.72. The van der Waals surface area contributed by atoms with Gasteiger partial charge in [-0.25, -0.2) is 9.78 Å². The number of pyridine rings is 1. The van der Waals surface area contributed by atoms with Crippen molar-refractivity contribution in [1.82, 2.24) is 9.88 Å². The van der Waals surface area contributed by atoms with E-state index in [1.807, 2.05) is 61.5 Å². The number of hydrogen-bond donors (Lipinski definition) is 0. The average molecular weight is 479 g/mol. The Morgan fingerprint density at radius 2 is 1.71 bits per heavy atom. The van der Waals surface area contributed by atoms with Crippen LogP contribution in [0.5, 0.6) is 0 Å². The highest BCUT2D eigenvalue weighted by atomic mass is 35.5. The van der Waals surface area contributed by atoms with Gasteiger partial charge in [-0.15, -0.1) is 0 Å². The Kier molecular flexibility index (Phi) is 8.69. The van der Waals surface area contributed by atoms with Crippen LogP contribution in [0.4, 0.5) is 0 Å². The first-order valence-corrected chi connectivity index (χ1v) is 12.3. The third kappa shape index (κ3) is 6.66. The third-order valence-corrected chi connectivity index (χ3v) is 6.23. The van der Waals surface area contributed by atoms with Crippen molar-refractivity contribution in [1.29, 1.82) is 0 Å². The molecule has 0 N–H and O–H groups in total. The average Bonchev–Trinajstić information content (AvgIpc) is 2.88. The van der Waals surface area contributed by atoms with Crippen molar-refractivity contribution in [2.24, 2.45) is 0 Å². The molecule has 0 radical (unpaired) electrons. The van der Waals surface area contributed by atoms with Crippen LogP contribution in [0.15, 0.2) is 72.8 Å². The topological polar surface area (TPSA) is 51.7 Å². The summed E-state index contributed by atoms with van der Waals surface area (Å²) in [5.74, 6) is -0.357. The number of likely N-dealkylation sites (tertiary alicyclic amines) is 1. The maximum Gasteiger partial charge on any atom is 0.356 e. The SMILES string of the molecule is CCCOC(=O)c1cccc(CN2CCC(OC(c3ccccc3)c3ccc(Cl)cc3)CC2)n1. The highest BCUT2D eigenvalue weighted by Crippen LogP contribution is 2.31. The lowest BCUT2D eigenvalue weighted by molar-refractivity contribution is -0.0283. The maximum atomic E-state index is 12.1. The molecule has 34 heavy (non-hydrogen) atoms. The largest absolute Gasteiger partial charge is 0.461 e. The van der Waals surface area contributed by atoms with Gasteiger partial charge in [-0.3, -0.25) is 4.90 Å². The Morgan fingerprint density at radius 1 is 1.00 bits per heavy atom. The zero-order valence-corrected chi connectivity index (χ0v) is 20.3. The van der Waals surface area contributed by atoms with Gasteiger partial charge < -0.3 is 9.47 Å². The number of carbonyl (C=O) groups excluding carboxylic acids is 1. The molecule has 0 amide bonds. The minimum atomic E-state index is -0.357. The number of piperidine rings is 1. The number of benzene rings is 2. The number of aromatic nitrogens is 1. The van der Waals surface area contributed by atoms with Crippen molar-refractivity contribution in [3.05, 3.63) is 100 Å². The number of hydrogen-bond acceptors (Lipinski definition) is 5. The van der Waals surface area contributed by atoms with E-state index in [9.17, 15) is 4.79 Å². The molecule has 0 aliphatic carbocycles. The van der Waals surface area contributed by atoms with Crippen molar-refractivity contribution < 1.29 is 14.3 Å². The Labute approximate surface area is 206 Å². The highest BCUT2D eigenvalue weighted by Gasteiger charge is 2.25. The van der Waals surface area contributed by atoms with E-state index in [4.69, 9.17) is 21.1 Å². The molecular formula is C28H31ClN2O3. The van der Waals surface area contributed by atoms with Crippen molar-refractivity contribution in [3.63, 3.8) is 0 Å². The lowest BCUT2D eigenvalue weighted by Gasteiger charge is -2.34. The summed E-state index contributed by atoms with van der Waals surface area (Å²) in [6, 6.07) is 23.8. The van der Waals surface area contributed by atoms with Crippen LogP contribution in [0.25, 0.3) is 0 Å². The molecular weight excluding hydrogens is 448 g/mol. The van der Waals surface area contributed by atoms with Crippen LogP contribution in [-0.4, -0.2) is 41.7 Å². The highest BCUT2D eigenvalue weighted by molar-refractivity contribution is 6.30. The summed E-state index contributed by atoms with van der Waals surface area (Å²) >= 11 is 6.11. The van der Waals surface area contributed by atoms with Gasteiger partial charge >= 0.3 is 5.97 Å². The molecule has 1 aliphatic rings. The van der Waals surface area contributed by atoms with Crippen LogP contribution in [0.1, 0.15) is 59.6 Å². The van der Waals surface area contributed by atoms with Gasteiger partial charge in [-0.2, -0.15) is 0 Å². The first-order chi connectivity index (χ1) is 16.6. The smallest absolute Gasteiger partial charge is 0.356 e. The van der Waals surface area contributed by atoms with E-state index < -0.39 is 0 Å². The van der Waals surface area contributed by atoms with Crippen molar-refractivity contribution in [2.45, 2.75) is 44.9 Å². The molecule has 1 atom stereocenters. The second kappa shape index (κ2) is 12.1. The zero-order valence-electron chi connectivity index (χ0n) is 19.5. The standard InChI is InChI=1S/C28H31ClN2O3/c1-2-19-33-28(32)26-10-6-9-24(30-26)20-31-17-15-25(16-18-31)34-27(21-7-4-3-5-8-21)22-11-13-23(29)14-12-22/h3-14,25,27H,2,15-20H2,1H3. The minimum absolute atomic E-state index is 0.123. The normalized spacial score (nSPS) is 15.7. The van der Waals surface area contributed by atoms with Crippen LogP contribution in [0.3, 0.4) is 0 Å². The van der Waals surface area contributed by atoms with E-state index >= 15 is 0 Å². The number of ether oxygens (including phenoxy) is 2. The summed E-state index contributed by atoms with van der Waals surface area (Å²) in [5, 5.41) is 0.722. The van der Waals surface area contributed by atoms with E-state index in [1.54, 1.807) is 6.07 Å². The quantitative estimate of drug-likeness (QED) is 0.349. The summed E-state index contributed by atoms with van der Waals surface area (Å²) in [6.45, 7) is 4.93. The lowest BCUT2D eigenvalue weighted by Crippen LogP contribution is -2.37. The molecule has 3 aromatic rings. The second-order valence-corrected chi connectivity index (χ2v) is 9.04. The monoisotopic (exact) mass is 478 g/mol. The molecule has 0 bridgehead atoms. The molecule has 1 unspecified atom stereocenters. The van der Waals surface area contributed by atoms with E-state index in [-0.39, 0.29) is 18.2 Å². The first kappa shape index (κ1) is 24.4. The van der Waals surface area contributed by atoms with Gasteiger partial charge in [0.25, 0.3) is 0 Å². The lowest BCUT2D eigenvalue weighted by atomic mass is 10.00. The van der Waals surface area contributed by atoms with Crippen LogP contribution >= 0.6 is 11.6 Å². The molecule has 0 spiro atoms. The van der Waals surface area contributed by atoms with Crippen LogP contribution in [0.2, 0.25) is 5.02 Å². The second-order valence-electron chi connectivity index (χ2n) is 8.60. The molecule has 5 nitrogen and oxygen atoms in total. The van der Waals surface area contributed by atoms with Gasteiger partial charge in [0.2, 0.25) is 0 Å². The molecule has 1 saturated heterocycles. The van der Waals surface area contributed by atoms with E-state index in [0.29, 0.717) is 18.8 Å². The van der Waals surface area contributed by atoms with Crippen molar-refractivity contribution in [2.75, 3.05) is 19.7 Å². The third-order valence-electron chi connectivity index (χ3n) is 5.98. The minimum Gasteiger partial charge on any atom is -0.461 e. The van der Waals surface area contributed by atoms with Crippen LogP contribution in [0, 0.1) is 0 Å². The van der Waals surface area contributed by atoms with Crippen LogP contribution in [-0.2, 0) is 16.0 Å². The molecule has 1 aromatic heterocycles. The Bertz CT molecular complexity index is 1050. The summed E-state index contributed by atoms with van der Waals surface area (Å²) in [4.78, 5) is 19.0. The fraction of sp³-hybridized carbons (Fsp3) is 0.357. The first-order valence-electron chi connectivity index (χ1n) is 11.9. The predicted octanol–water partition coefficient (Wildman–Crippen LogP) is 6.07. The fourth-order valence-corrected chi connectivity index (χ4v) is 4.32. The van der Waals surface area contributed by atoms with E-state index in [0.717, 1.165) is 54.2 Å². The Balaban J connectivity index is 1.35. The summed E-state index contributed by atoms with van der Waals surface area (Å²) < 4.78 is 11.9. The molecule has 178 valence electrons. The number of esters is 1. The molecule has 0 saturated carbocycles.